The van der Waals surface area contributed by atoms with Gasteiger partial charge in [0.05, 0.1) is 18.4 Å². The van der Waals surface area contributed by atoms with Crippen molar-refractivity contribution in [3.63, 3.8) is 0 Å². The van der Waals surface area contributed by atoms with Gasteiger partial charge in [0.15, 0.2) is 0 Å². The highest BCUT2D eigenvalue weighted by atomic mass is 16.5. The van der Waals surface area contributed by atoms with Gasteiger partial charge in [-0.2, -0.15) is 0 Å². The van der Waals surface area contributed by atoms with E-state index in [0.717, 1.165) is 25.7 Å². The number of unbranched alkanes of at least 4 members (excludes halogenated alkanes) is 12. The summed E-state index contributed by atoms with van der Waals surface area (Å²) in [5.74, 6) is -2.13. The number of aliphatic carboxylic acids is 1. The quantitative estimate of drug-likeness (QED) is 0.141. The van der Waals surface area contributed by atoms with Crippen LogP contribution in [0.25, 0.3) is 0 Å². The normalized spacial score (nSPS) is 19.2. The fraction of sp³-hybridized carbons (Fsp3) is 0.846. The average molecular weight is 423 g/mol. The molecule has 0 amide bonds. The lowest BCUT2D eigenvalue weighted by molar-refractivity contribution is -0.159. The molecule has 1 fully saturated rings. The molecule has 0 aromatic heterocycles. The molecule has 0 heterocycles. The molecule has 2 unspecified atom stereocenters. The summed E-state index contributed by atoms with van der Waals surface area (Å²) in [5, 5.41) is 9.27. The minimum absolute atomic E-state index is 0.294. The third-order valence-electron chi connectivity index (χ3n) is 6.29. The van der Waals surface area contributed by atoms with Gasteiger partial charge in [0.25, 0.3) is 0 Å². The minimum atomic E-state index is -0.851. The smallest absolute Gasteiger partial charge is 0.309 e. The van der Waals surface area contributed by atoms with E-state index in [1.807, 2.05) is 0 Å². The monoisotopic (exact) mass is 422 g/mol. The van der Waals surface area contributed by atoms with Gasteiger partial charge in [-0.3, -0.25) is 9.59 Å². The molecular formula is C26H46O4. The number of carboxylic acids is 1. The van der Waals surface area contributed by atoms with Crippen molar-refractivity contribution in [3.8, 4) is 0 Å². The maximum Gasteiger partial charge on any atom is 0.309 e. The second-order valence-corrected chi connectivity index (χ2v) is 8.94. The first-order valence-corrected chi connectivity index (χ1v) is 12.7. The molecule has 30 heavy (non-hydrogen) atoms. The molecule has 0 aliphatic heterocycles. The molecule has 2 atom stereocenters. The first kappa shape index (κ1) is 26.7. The molecule has 0 aromatic carbocycles. The summed E-state index contributed by atoms with van der Waals surface area (Å²) in [5.41, 5.74) is 0. The summed E-state index contributed by atoms with van der Waals surface area (Å²) in [6, 6.07) is 0. The summed E-state index contributed by atoms with van der Waals surface area (Å²) < 4.78 is 5.37. The molecule has 0 saturated heterocycles. The number of allylic oxidation sites excluding steroid dienone is 2. The number of hydrogen-bond donors (Lipinski definition) is 1. The van der Waals surface area contributed by atoms with Gasteiger partial charge in [0, 0.05) is 0 Å². The number of hydrogen-bond acceptors (Lipinski definition) is 3. The molecule has 1 saturated carbocycles. The van der Waals surface area contributed by atoms with Crippen molar-refractivity contribution in [2.24, 2.45) is 11.8 Å². The van der Waals surface area contributed by atoms with Gasteiger partial charge in [-0.15, -0.1) is 0 Å². The number of carboxylic acid groups (broad SMARTS) is 1. The summed E-state index contributed by atoms with van der Waals surface area (Å²) in [6.45, 7) is 2.69. The highest BCUT2D eigenvalue weighted by Crippen LogP contribution is 2.31. The van der Waals surface area contributed by atoms with Gasteiger partial charge < -0.3 is 9.84 Å². The largest absolute Gasteiger partial charge is 0.481 e. The number of carbonyl (C=O) groups excluding carboxylic acids is 1. The van der Waals surface area contributed by atoms with E-state index in [4.69, 9.17) is 4.74 Å². The molecule has 0 bridgehead atoms. The molecule has 174 valence electrons. The van der Waals surface area contributed by atoms with E-state index in [1.165, 1.54) is 77.0 Å². The zero-order chi connectivity index (χ0) is 21.9. The Labute approximate surface area is 184 Å². The second kappa shape index (κ2) is 18.4. The van der Waals surface area contributed by atoms with Crippen LogP contribution in [-0.4, -0.2) is 23.7 Å². The Kier molecular flexibility index (Phi) is 16.4. The minimum Gasteiger partial charge on any atom is -0.481 e. The van der Waals surface area contributed by atoms with Gasteiger partial charge in [0.2, 0.25) is 0 Å². The van der Waals surface area contributed by atoms with E-state index in [0.29, 0.717) is 19.4 Å². The summed E-state index contributed by atoms with van der Waals surface area (Å²) >= 11 is 0. The third kappa shape index (κ3) is 13.1. The number of ether oxygens (including phenoxy) is 1. The van der Waals surface area contributed by atoms with Crippen molar-refractivity contribution in [1.29, 1.82) is 0 Å². The Morgan fingerprint density at radius 2 is 1.27 bits per heavy atom. The summed E-state index contributed by atoms with van der Waals surface area (Å²) in [6.07, 6.45) is 25.3. The highest BCUT2D eigenvalue weighted by Gasteiger charge is 2.36. The lowest BCUT2D eigenvalue weighted by Crippen LogP contribution is -2.33. The SMILES string of the molecule is CCCCC/C=C/CCCCCCCCCCCOC(=O)C1CCCCC1C(=O)O. The number of carbonyl (C=O) groups is 2. The maximum absolute atomic E-state index is 12.2. The molecule has 1 N–H and O–H groups in total. The van der Waals surface area contributed by atoms with Crippen molar-refractivity contribution in [3.05, 3.63) is 12.2 Å². The number of esters is 1. The predicted octanol–water partition coefficient (Wildman–Crippen LogP) is 7.46. The maximum atomic E-state index is 12.2. The van der Waals surface area contributed by atoms with Crippen LogP contribution in [0.15, 0.2) is 12.2 Å². The first-order valence-electron chi connectivity index (χ1n) is 12.7. The first-order chi connectivity index (χ1) is 14.7. The van der Waals surface area contributed by atoms with E-state index in [9.17, 15) is 14.7 Å². The van der Waals surface area contributed by atoms with Crippen LogP contribution in [0.3, 0.4) is 0 Å². The molecule has 0 radical (unpaired) electrons. The molecule has 1 aliphatic carbocycles. The van der Waals surface area contributed by atoms with Gasteiger partial charge in [-0.25, -0.2) is 0 Å². The molecule has 0 aromatic rings. The van der Waals surface area contributed by atoms with Crippen LogP contribution in [0.5, 0.6) is 0 Å². The van der Waals surface area contributed by atoms with Crippen LogP contribution in [0, 0.1) is 11.8 Å². The van der Waals surface area contributed by atoms with Crippen LogP contribution in [0.1, 0.15) is 122 Å². The molecule has 4 heteroatoms. The molecule has 1 aliphatic rings. The molecule has 1 rings (SSSR count). The van der Waals surface area contributed by atoms with Gasteiger partial charge in [-0.05, 0) is 44.9 Å². The van der Waals surface area contributed by atoms with Crippen molar-refractivity contribution in [2.45, 2.75) is 122 Å². The van der Waals surface area contributed by atoms with Crippen molar-refractivity contribution >= 4 is 11.9 Å². The molecule has 4 nitrogen and oxygen atoms in total. The Morgan fingerprint density at radius 1 is 0.767 bits per heavy atom. The highest BCUT2D eigenvalue weighted by molar-refractivity contribution is 5.81. The Hall–Kier alpha value is -1.32. The average Bonchev–Trinajstić information content (AvgIpc) is 2.75. The van der Waals surface area contributed by atoms with Crippen LogP contribution in [0.4, 0.5) is 0 Å². The van der Waals surface area contributed by atoms with E-state index in [-0.39, 0.29) is 5.97 Å². The zero-order valence-electron chi connectivity index (χ0n) is 19.4. The fourth-order valence-electron chi connectivity index (χ4n) is 4.34. The second-order valence-electron chi connectivity index (χ2n) is 8.94. The van der Waals surface area contributed by atoms with Gasteiger partial charge in [-0.1, -0.05) is 89.7 Å². The standard InChI is InChI=1S/C26H46O4/c1-2-3-4-5-6-7-8-9-10-11-12-13-14-15-16-19-22-30-26(29)24-21-18-17-20-23(24)25(27)28/h6-7,23-24H,2-5,8-22H2,1H3,(H,27,28)/b7-6+. The predicted molar refractivity (Wildman–Crippen MR) is 123 cm³/mol. The van der Waals surface area contributed by atoms with Crippen molar-refractivity contribution in [2.75, 3.05) is 6.61 Å². The topological polar surface area (TPSA) is 63.6 Å². The van der Waals surface area contributed by atoms with Crippen LogP contribution in [0.2, 0.25) is 0 Å². The zero-order valence-corrected chi connectivity index (χ0v) is 19.4. The van der Waals surface area contributed by atoms with Crippen LogP contribution in [-0.2, 0) is 14.3 Å². The molecule has 0 spiro atoms. The fourth-order valence-corrected chi connectivity index (χ4v) is 4.34. The van der Waals surface area contributed by atoms with Gasteiger partial charge >= 0.3 is 11.9 Å². The number of rotatable bonds is 18. The van der Waals surface area contributed by atoms with Crippen LogP contribution >= 0.6 is 0 Å². The van der Waals surface area contributed by atoms with E-state index >= 15 is 0 Å². The Balaban J connectivity index is 1.87. The van der Waals surface area contributed by atoms with E-state index in [2.05, 4.69) is 19.1 Å². The Morgan fingerprint density at radius 3 is 1.83 bits per heavy atom. The Bertz CT molecular complexity index is 472. The lowest BCUT2D eigenvalue weighted by Gasteiger charge is -2.26. The van der Waals surface area contributed by atoms with Crippen LogP contribution < -0.4 is 0 Å². The van der Waals surface area contributed by atoms with Crippen molar-refractivity contribution < 1.29 is 19.4 Å². The van der Waals surface area contributed by atoms with Crippen molar-refractivity contribution in [1.82, 2.24) is 0 Å². The summed E-state index contributed by atoms with van der Waals surface area (Å²) in [4.78, 5) is 23.5. The third-order valence-corrected chi connectivity index (χ3v) is 6.29. The van der Waals surface area contributed by atoms with E-state index < -0.39 is 17.8 Å². The lowest BCUT2D eigenvalue weighted by atomic mass is 9.79. The molecular weight excluding hydrogens is 376 g/mol. The van der Waals surface area contributed by atoms with Gasteiger partial charge in [0.1, 0.15) is 0 Å². The van der Waals surface area contributed by atoms with E-state index in [1.54, 1.807) is 0 Å². The summed E-state index contributed by atoms with van der Waals surface area (Å²) in [7, 11) is 0.